The number of nitrogens with one attached hydrogen (secondary N) is 1. The van der Waals surface area contributed by atoms with Gasteiger partial charge in [-0.25, -0.2) is 0 Å². The molecule has 0 aliphatic rings. The molecule has 0 saturated carbocycles. The first-order chi connectivity index (χ1) is 10.2. The smallest absolute Gasteiger partial charge is 0.0594 e. The summed E-state index contributed by atoms with van der Waals surface area (Å²) in [6.07, 6.45) is 2.20. The van der Waals surface area contributed by atoms with Gasteiger partial charge in [-0.3, -0.25) is 4.98 Å². The van der Waals surface area contributed by atoms with E-state index < -0.39 is 0 Å². The van der Waals surface area contributed by atoms with Crippen LogP contribution in [0.15, 0.2) is 36.4 Å². The first kappa shape index (κ1) is 15.7. The fraction of sp³-hybridized carbons (Fsp3) is 0.421. The lowest BCUT2D eigenvalue weighted by Crippen LogP contribution is -2.24. The standard InChI is InChI=1S/C19H26N2/c1-5-12-20-19(17-9-7-8-16(6-2)13-17)18-11-10-14(3)21-15(18)4/h7-11,13,19-20H,5-6,12H2,1-4H3. The number of aromatic nitrogens is 1. The summed E-state index contributed by atoms with van der Waals surface area (Å²) in [4.78, 5) is 4.63. The Hall–Kier alpha value is -1.67. The first-order valence-corrected chi connectivity index (χ1v) is 7.92. The van der Waals surface area contributed by atoms with E-state index in [1.165, 1.54) is 16.7 Å². The van der Waals surface area contributed by atoms with E-state index in [0.717, 1.165) is 30.8 Å². The van der Waals surface area contributed by atoms with Gasteiger partial charge in [-0.1, -0.05) is 44.2 Å². The third-order valence-corrected chi connectivity index (χ3v) is 3.87. The highest BCUT2D eigenvalue weighted by Gasteiger charge is 2.16. The predicted molar refractivity (Wildman–Crippen MR) is 89.7 cm³/mol. The maximum absolute atomic E-state index is 4.63. The number of pyridine rings is 1. The van der Waals surface area contributed by atoms with Gasteiger partial charge in [-0.05, 0) is 56.0 Å². The zero-order chi connectivity index (χ0) is 15.2. The second-order valence-electron chi connectivity index (χ2n) is 5.61. The summed E-state index contributed by atoms with van der Waals surface area (Å²) in [7, 11) is 0. The van der Waals surface area contributed by atoms with Gasteiger partial charge >= 0.3 is 0 Å². The number of benzene rings is 1. The van der Waals surface area contributed by atoms with Crippen LogP contribution in [0.5, 0.6) is 0 Å². The Morgan fingerprint density at radius 2 is 1.90 bits per heavy atom. The molecular weight excluding hydrogens is 256 g/mol. The fourth-order valence-corrected chi connectivity index (χ4v) is 2.69. The van der Waals surface area contributed by atoms with Gasteiger partial charge in [0.15, 0.2) is 0 Å². The van der Waals surface area contributed by atoms with Crippen LogP contribution in [-0.2, 0) is 6.42 Å². The van der Waals surface area contributed by atoms with Crippen LogP contribution in [0, 0.1) is 13.8 Å². The molecule has 2 rings (SSSR count). The van der Waals surface area contributed by atoms with Gasteiger partial charge < -0.3 is 5.32 Å². The Morgan fingerprint density at radius 3 is 2.57 bits per heavy atom. The maximum atomic E-state index is 4.63. The summed E-state index contributed by atoms with van der Waals surface area (Å²) in [5.41, 5.74) is 6.19. The molecule has 0 saturated heterocycles. The topological polar surface area (TPSA) is 24.9 Å². The molecule has 112 valence electrons. The van der Waals surface area contributed by atoms with Crippen LogP contribution in [0.4, 0.5) is 0 Å². The summed E-state index contributed by atoms with van der Waals surface area (Å²) in [6.45, 7) is 9.56. The monoisotopic (exact) mass is 282 g/mol. The number of nitrogens with zero attached hydrogens (tertiary/aromatic N) is 1. The van der Waals surface area contributed by atoms with E-state index >= 15 is 0 Å². The molecule has 2 aromatic rings. The Kier molecular flexibility index (Phi) is 5.51. The zero-order valence-corrected chi connectivity index (χ0v) is 13.6. The first-order valence-electron chi connectivity index (χ1n) is 7.92. The van der Waals surface area contributed by atoms with Crippen LogP contribution in [0.2, 0.25) is 0 Å². The zero-order valence-electron chi connectivity index (χ0n) is 13.6. The van der Waals surface area contributed by atoms with Gasteiger partial charge in [0, 0.05) is 11.4 Å². The molecule has 0 fully saturated rings. The van der Waals surface area contributed by atoms with E-state index in [0.29, 0.717) is 0 Å². The molecule has 21 heavy (non-hydrogen) atoms. The minimum atomic E-state index is 0.226. The number of hydrogen-bond acceptors (Lipinski definition) is 2. The lowest BCUT2D eigenvalue weighted by molar-refractivity contribution is 0.593. The van der Waals surface area contributed by atoms with Crippen LogP contribution < -0.4 is 5.32 Å². The largest absolute Gasteiger partial charge is 0.306 e. The van der Waals surface area contributed by atoms with Crippen LogP contribution in [0.25, 0.3) is 0 Å². The van der Waals surface area contributed by atoms with Crippen molar-refractivity contribution in [1.29, 1.82) is 0 Å². The molecule has 2 nitrogen and oxygen atoms in total. The van der Waals surface area contributed by atoms with Gasteiger partial charge in [0.1, 0.15) is 0 Å². The minimum Gasteiger partial charge on any atom is -0.306 e. The fourth-order valence-electron chi connectivity index (χ4n) is 2.69. The van der Waals surface area contributed by atoms with Crippen molar-refractivity contribution in [3.05, 3.63) is 64.5 Å². The third-order valence-electron chi connectivity index (χ3n) is 3.87. The minimum absolute atomic E-state index is 0.226. The highest BCUT2D eigenvalue weighted by molar-refractivity contribution is 5.36. The van der Waals surface area contributed by atoms with Crippen molar-refractivity contribution in [2.45, 2.75) is 46.6 Å². The van der Waals surface area contributed by atoms with Crippen molar-refractivity contribution < 1.29 is 0 Å². The van der Waals surface area contributed by atoms with Crippen molar-refractivity contribution in [3.8, 4) is 0 Å². The molecule has 2 heteroatoms. The summed E-state index contributed by atoms with van der Waals surface area (Å²) in [5, 5.41) is 3.67. The SMILES string of the molecule is CCCNC(c1cccc(CC)c1)c1ccc(C)nc1C. The molecule has 0 aliphatic carbocycles. The molecule has 1 heterocycles. The summed E-state index contributed by atoms with van der Waals surface area (Å²) < 4.78 is 0. The molecular formula is C19H26N2. The van der Waals surface area contributed by atoms with Gasteiger partial charge in [0.25, 0.3) is 0 Å². The van der Waals surface area contributed by atoms with E-state index in [-0.39, 0.29) is 6.04 Å². The van der Waals surface area contributed by atoms with Crippen LogP contribution in [0.1, 0.15) is 54.4 Å². The Morgan fingerprint density at radius 1 is 1.10 bits per heavy atom. The second kappa shape index (κ2) is 7.37. The van der Waals surface area contributed by atoms with Crippen molar-refractivity contribution in [2.24, 2.45) is 0 Å². The number of aryl methyl sites for hydroxylation is 3. The molecule has 0 radical (unpaired) electrons. The third kappa shape index (κ3) is 3.92. The highest BCUT2D eigenvalue weighted by atomic mass is 14.9. The van der Waals surface area contributed by atoms with Crippen LogP contribution in [0.3, 0.4) is 0 Å². The molecule has 1 atom stereocenters. The van der Waals surface area contributed by atoms with Gasteiger partial charge in [0.2, 0.25) is 0 Å². The molecule has 0 amide bonds. The second-order valence-corrected chi connectivity index (χ2v) is 5.61. The van der Waals surface area contributed by atoms with Crippen molar-refractivity contribution >= 4 is 0 Å². The lowest BCUT2D eigenvalue weighted by atomic mass is 9.95. The molecule has 0 bridgehead atoms. The van der Waals surface area contributed by atoms with Gasteiger partial charge in [-0.15, -0.1) is 0 Å². The quantitative estimate of drug-likeness (QED) is 0.852. The predicted octanol–water partition coefficient (Wildman–Crippen LogP) is 4.35. The Bertz CT molecular complexity index is 590. The molecule has 1 aromatic carbocycles. The van der Waals surface area contributed by atoms with Crippen molar-refractivity contribution in [2.75, 3.05) is 6.54 Å². The van der Waals surface area contributed by atoms with E-state index in [9.17, 15) is 0 Å². The summed E-state index contributed by atoms with van der Waals surface area (Å²) >= 11 is 0. The van der Waals surface area contributed by atoms with Gasteiger partial charge in [-0.2, -0.15) is 0 Å². The molecule has 0 spiro atoms. The van der Waals surface area contributed by atoms with E-state index in [2.05, 4.69) is 67.5 Å². The van der Waals surface area contributed by atoms with Crippen molar-refractivity contribution in [3.63, 3.8) is 0 Å². The Balaban J connectivity index is 2.41. The van der Waals surface area contributed by atoms with Crippen LogP contribution >= 0.6 is 0 Å². The average Bonchev–Trinajstić information content (AvgIpc) is 2.49. The molecule has 0 aliphatic heterocycles. The lowest BCUT2D eigenvalue weighted by Gasteiger charge is -2.22. The van der Waals surface area contributed by atoms with Crippen molar-refractivity contribution in [1.82, 2.24) is 10.3 Å². The maximum Gasteiger partial charge on any atom is 0.0594 e. The summed E-state index contributed by atoms with van der Waals surface area (Å²) in [6, 6.07) is 13.4. The van der Waals surface area contributed by atoms with Crippen LogP contribution in [-0.4, -0.2) is 11.5 Å². The molecule has 1 N–H and O–H groups in total. The average molecular weight is 282 g/mol. The highest BCUT2D eigenvalue weighted by Crippen LogP contribution is 2.25. The molecule has 1 unspecified atom stereocenters. The number of hydrogen-bond donors (Lipinski definition) is 1. The van der Waals surface area contributed by atoms with E-state index in [1.54, 1.807) is 0 Å². The normalized spacial score (nSPS) is 12.4. The number of rotatable bonds is 6. The van der Waals surface area contributed by atoms with Gasteiger partial charge in [0.05, 0.1) is 6.04 Å². The summed E-state index contributed by atoms with van der Waals surface area (Å²) in [5.74, 6) is 0. The molecule has 1 aromatic heterocycles. The van der Waals surface area contributed by atoms with E-state index in [1.807, 2.05) is 6.92 Å². The Labute approximate surface area is 128 Å². The van der Waals surface area contributed by atoms with E-state index in [4.69, 9.17) is 0 Å².